The Hall–Kier alpha value is -1.15. The van der Waals surface area contributed by atoms with Crippen LogP contribution >= 0.6 is 11.8 Å². The number of fused-ring (bicyclic) bond motifs is 2. The van der Waals surface area contributed by atoms with Gasteiger partial charge in [-0.3, -0.25) is 0 Å². The molecule has 0 aliphatic carbocycles. The number of hydrogen-bond donors (Lipinski definition) is 0. The Kier molecular flexibility index (Phi) is 1.88. The van der Waals surface area contributed by atoms with Gasteiger partial charge in [0.2, 0.25) is 0 Å². The predicted octanol–water partition coefficient (Wildman–Crippen LogP) is 1.54. The molecule has 0 spiro atoms. The first-order valence-electron chi connectivity index (χ1n) is 4.77. The lowest BCUT2D eigenvalue weighted by molar-refractivity contribution is 1.44. The van der Waals surface area contributed by atoms with Crippen molar-refractivity contribution < 1.29 is 0 Å². The molecule has 0 aromatic heterocycles. The Morgan fingerprint density at radius 2 is 1.21 bits per heavy atom. The number of rotatable bonds is 0. The lowest BCUT2D eigenvalue weighted by Crippen LogP contribution is -2.33. The third-order valence-corrected chi connectivity index (χ3v) is 3.78. The van der Waals surface area contributed by atoms with Crippen molar-refractivity contribution in [2.45, 2.75) is 9.79 Å². The van der Waals surface area contributed by atoms with Crippen LogP contribution in [0.25, 0.3) is 0 Å². The van der Waals surface area contributed by atoms with Crippen molar-refractivity contribution in [2.24, 2.45) is 0 Å². The molecule has 0 N–H and O–H groups in total. The molecule has 0 atom stereocenters. The molecule has 2 aromatic carbocycles. The van der Waals surface area contributed by atoms with Crippen LogP contribution in [0.1, 0.15) is 0 Å². The summed E-state index contributed by atoms with van der Waals surface area (Å²) in [4.78, 5) is 2.82. The second-order valence-corrected chi connectivity index (χ2v) is 4.58. The van der Waals surface area contributed by atoms with Crippen LogP contribution in [0.2, 0.25) is 0 Å². The Bertz CT molecular complexity index is 392. The third-order valence-electron chi connectivity index (χ3n) is 2.55. The summed E-state index contributed by atoms with van der Waals surface area (Å²) in [5, 5.41) is 0. The zero-order valence-corrected chi connectivity index (χ0v) is 8.55. The van der Waals surface area contributed by atoms with Gasteiger partial charge in [-0.15, -0.1) is 0 Å². The number of hydrogen-bond acceptors (Lipinski definition) is 1. The molecule has 0 bridgehead atoms. The molecule has 0 nitrogen and oxygen atoms in total. The van der Waals surface area contributed by atoms with Gasteiger partial charge in [-0.2, -0.15) is 0 Å². The van der Waals surface area contributed by atoms with Gasteiger partial charge in [0.05, 0.1) is 0 Å². The van der Waals surface area contributed by atoms with Crippen molar-refractivity contribution in [3.05, 3.63) is 48.5 Å². The summed E-state index contributed by atoms with van der Waals surface area (Å²) < 4.78 is 0. The summed E-state index contributed by atoms with van der Waals surface area (Å²) in [6.07, 6.45) is 0. The average Bonchev–Trinajstić information content (AvgIpc) is 2.26. The van der Waals surface area contributed by atoms with E-state index in [9.17, 15) is 0 Å². The van der Waals surface area contributed by atoms with Gasteiger partial charge in [-0.25, -0.2) is 0 Å². The van der Waals surface area contributed by atoms with Gasteiger partial charge in [0.15, 0.2) is 7.28 Å². The fourth-order valence-electron chi connectivity index (χ4n) is 1.82. The van der Waals surface area contributed by atoms with Crippen LogP contribution in [-0.2, 0) is 0 Å². The van der Waals surface area contributed by atoms with Crippen LogP contribution in [0.15, 0.2) is 58.3 Å². The molecule has 14 heavy (non-hydrogen) atoms. The van der Waals surface area contributed by atoms with Gasteiger partial charge in [0.1, 0.15) is 0 Å². The smallest absolute Gasteiger partial charge is 0.0912 e. The molecular weight excluding hydrogens is 187 g/mol. The van der Waals surface area contributed by atoms with Crippen LogP contribution in [0.5, 0.6) is 0 Å². The van der Waals surface area contributed by atoms with Crippen LogP contribution < -0.4 is 10.9 Å². The van der Waals surface area contributed by atoms with Gasteiger partial charge in [0, 0.05) is 9.79 Å². The van der Waals surface area contributed by atoms with Gasteiger partial charge >= 0.3 is 0 Å². The van der Waals surface area contributed by atoms with Gasteiger partial charge in [0.25, 0.3) is 0 Å². The van der Waals surface area contributed by atoms with Crippen molar-refractivity contribution in [1.29, 1.82) is 0 Å². The zero-order valence-electron chi connectivity index (χ0n) is 7.73. The third kappa shape index (κ3) is 1.27. The minimum Gasteiger partial charge on any atom is -0.0912 e. The Balaban J connectivity index is 2.12. The highest BCUT2D eigenvalue weighted by Gasteiger charge is 2.15. The van der Waals surface area contributed by atoms with E-state index in [1.807, 2.05) is 11.8 Å². The second kappa shape index (κ2) is 3.21. The Morgan fingerprint density at radius 3 is 1.79 bits per heavy atom. The summed E-state index contributed by atoms with van der Waals surface area (Å²) >= 11 is 1.88. The highest BCUT2D eigenvalue weighted by atomic mass is 32.2. The van der Waals surface area contributed by atoms with Crippen molar-refractivity contribution in [2.75, 3.05) is 0 Å². The molecule has 1 aliphatic rings. The van der Waals surface area contributed by atoms with Gasteiger partial charge in [-0.05, 0) is 12.1 Å². The monoisotopic (exact) mass is 196 g/mol. The van der Waals surface area contributed by atoms with Crippen molar-refractivity contribution >= 4 is 30.0 Å². The molecule has 0 unspecified atom stereocenters. The highest BCUT2D eigenvalue weighted by Crippen LogP contribution is 2.26. The molecular formula is C12H9BS. The van der Waals surface area contributed by atoms with Gasteiger partial charge in [-0.1, -0.05) is 59.1 Å². The zero-order chi connectivity index (χ0) is 9.38. The lowest BCUT2D eigenvalue weighted by Gasteiger charge is -2.17. The van der Waals surface area contributed by atoms with Gasteiger partial charge < -0.3 is 0 Å². The topological polar surface area (TPSA) is 0 Å². The molecule has 3 rings (SSSR count). The number of benzene rings is 2. The quantitative estimate of drug-likeness (QED) is 0.491. The fourth-order valence-corrected chi connectivity index (χ4v) is 2.90. The maximum Gasteiger partial charge on any atom is 0.195 e. The van der Waals surface area contributed by atoms with Crippen molar-refractivity contribution in [1.82, 2.24) is 0 Å². The molecule has 0 saturated heterocycles. The van der Waals surface area contributed by atoms with E-state index < -0.39 is 0 Å². The van der Waals surface area contributed by atoms with Crippen molar-refractivity contribution in [3.63, 3.8) is 0 Å². The van der Waals surface area contributed by atoms with E-state index in [0.29, 0.717) is 0 Å². The van der Waals surface area contributed by atoms with E-state index in [4.69, 9.17) is 0 Å². The Morgan fingerprint density at radius 1 is 0.714 bits per heavy atom. The SMILES string of the molecule is B1c2ccccc2Sc2ccccc21. The van der Waals surface area contributed by atoms with Crippen molar-refractivity contribution in [3.8, 4) is 0 Å². The van der Waals surface area contributed by atoms with E-state index in [2.05, 4.69) is 48.5 Å². The fraction of sp³-hybridized carbons (Fsp3) is 0. The van der Waals surface area contributed by atoms with E-state index in [-0.39, 0.29) is 0 Å². The minimum absolute atomic E-state index is 1.08. The molecule has 66 valence electrons. The van der Waals surface area contributed by atoms with E-state index >= 15 is 0 Å². The van der Waals surface area contributed by atoms with E-state index in [0.717, 1.165) is 7.28 Å². The van der Waals surface area contributed by atoms with E-state index in [1.165, 1.54) is 20.7 Å². The first-order chi connectivity index (χ1) is 6.93. The van der Waals surface area contributed by atoms with Crippen LogP contribution in [0, 0.1) is 0 Å². The molecule has 0 radical (unpaired) electrons. The normalized spacial score (nSPS) is 12.6. The van der Waals surface area contributed by atoms with E-state index in [1.54, 1.807) is 0 Å². The second-order valence-electron chi connectivity index (χ2n) is 3.49. The average molecular weight is 196 g/mol. The molecule has 2 heteroatoms. The van der Waals surface area contributed by atoms with Crippen LogP contribution in [-0.4, -0.2) is 7.28 Å². The summed E-state index contributed by atoms with van der Waals surface area (Å²) in [6, 6.07) is 17.3. The molecule has 0 fully saturated rings. The predicted molar refractivity (Wildman–Crippen MR) is 63.4 cm³/mol. The lowest BCUT2D eigenvalue weighted by atomic mass is 9.64. The molecule has 2 aromatic rings. The summed E-state index contributed by atoms with van der Waals surface area (Å²) in [5.41, 5.74) is 2.91. The maximum absolute atomic E-state index is 2.22. The Labute approximate surface area is 88.6 Å². The summed E-state index contributed by atoms with van der Waals surface area (Å²) in [6.45, 7) is 0. The molecule has 0 saturated carbocycles. The first kappa shape index (κ1) is 8.19. The first-order valence-corrected chi connectivity index (χ1v) is 5.59. The maximum atomic E-state index is 2.22. The molecule has 1 heterocycles. The summed E-state index contributed by atoms with van der Waals surface area (Å²) in [5.74, 6) is 0. The molecule has 1 aliphatic heterocycles. The highest BCUT2D eigenvalue weighted by molar-refractivity contribution is 8.00. The van der Waals surface area contributed by atoms with Crippen LogP contribution in [0.3, 0.4) is 0 Å². The molecule has 0 amide bonds. The minimum atomic E-state index is 1.08. The summed E-state index contributed by atoms with van der Waals surface area (Å²) in [7, 11) is 1.08. The largest absolute Gasteiger partial charge is 0.195 e. The van der Waals surface area contributed by atoms with Crippen LogP contribution in [0.4, 0.5) is 0 Å². The standard InChI is InChI=1S/C12H9BS/c1-3-7-11-9(5-1)13-10-6-2-4-8-12(10)14-11/h1-8,13H.